The van der Waals surface area contributed by atoms with Gasteiger partial charge in [0, 0.05) is 6.61 Å². The first-order valence-corrected chi connectivity index (χ1v) is 5.41. The molecule has 5 heteroatoms. The molecule has 16 heavy (non-hydrogen) atoms. The second kappa shape index (κ2) is 7.46. The zero-order valence-corrected chi connectivity index (χ0v) is 10.7. The predicted molar refractivity (Wildman–Crippen MR) is 58.9 cm³/mol. The van der Waals surface area contributed by atoms with Crippen molar-refractivity contribution in [2.24, 2.45) is 5.92 Å². The van der Waals surface area contributed by atoms with Crippen molar-refractivity contribution in [1.29, 1.82) is 0 Å². The summed E-state index contributed by atoms with van der Waals surface area (Å²) in [6.07, 6.45) is -0.844. The van der Waals surface area contributed by atoms with Gasteiger partial charge in [-0.05, 0) is 26.7 Å². The molecule has 0 aromatic rings. The van der Waals surface area contributed by atoms with Gasteiger partial charge in [0.1, 0.15) is 12.2 Å². The fourth-order valence-corrected chi connectivity index (χ4v) is 0.686. The lowest BCUT2D eigenvalue weighted by Gasteiger charge is -2.16. The van der Waals surface area contributed by atoms with Crippen LogP contribution in [0.2, 0.25) is 0 Å². The molecule has 0 aliphatic carbocycles. The maximum Gasteiger partial charge on any atom is 0.540 e. The Morgan fingerprint density at radius 2 is 1.81 bits per heavy atom. The maximum atomic E-state index is 11.0. The highest BCUT2D eigenvalue weighted by Crippen LogP contribution is 2.07. The van der Waals surface area contributed by atoms with E-state index in [0.717, 1.165) is 0 Å². The molecule has 0 bridgehead atoms. The molecule has 0 rings (SSSR count). The standard InChI is InChI=1S/C11H22O5/c1-9(2)8-13-6-7-14-10(12)15-16-11(3,4)5/h9H,6-8H2,1-5H3. The summed E-state index contributed by atoms with van der Waals surface area (Å²) in [5.41, 5.74) is -0.535. The van der Waals surface area contributed by atoms with Gasteiger partial charge in [0.15, 0.2) is 0 Å². The van der Waals surface area contributed by atoms with Crippen LogP contribution in [0.1, 0.15) is 34.6 Å². The average Bonchev–Trinajstić information content (AvgIpc) is 2.12. The van der Waals surface area contributed by atoms with Crippen molar-refractivity contribution in [3.05, 3.63) is 0 Å². The van der Waals surface area contributed by atoms with Crippen molar-refractivity contribution >= 4 is 6.16 Å². The molecular weight excluding hydrogens is 212 g/mol. The van der Waals surface area contributed by atoms with E-state index in [9.17, 15) is 4.79 Å². The molecule has 0 aromatic heterocycles. The Hall–Kier alpha value is -0.810. The average molecular weight is 234 g/mol. The van der Waals surface area contributed by atoms with E-state index >= 15 is 0 Å². The molecule has 0 aliphatic heterocycles. The number of hydrogen-bond acceptors (Lipinski definition) is 5. The Kier molecular flexibility index (Phi) is 7.08. The first-order chi connectivity index (χ1) is 7.31. The summed E-state index contributed by atoms with van der Waals surface area (Å²) >= 11 is 0. The number of carbonyl (C=O) groups is 1. The molecule has 0 aliphatic rings. The molecule has 0 radical (unpaired) electrons. The molecule has 0 aromatic carbocycles. The maximum absolute atomic E-state index is 11.0. The molecule has 0 heterocycles. The van der Waals surface area contributed by atoms with Crippen LogP contribution in [0.4, 0.5) is 4.79 Å². The highest BCUT2D eigenvalue weighted by molar-refractivity contribution is 5.58. The van der Waals surface area contributed by atoms with Gasteiger partial charge in [-0.25, -0.2) is 4.79 Å². The Morgan fingerprint density at radius 1 is 1.19 bits per heavy atom. The van der Waals surface area contributed by atoms with E-state index in [-0.39, 0.29) is 6.61 Å². The van der Waals surface area contributed by atoms with Crippen LogP contribution < -0.4 is 0 Å². The Bertz CT molecular complexity index is 195. The smallest absolute Gasteiger partial charge is 0.430 e. The van der Waals surface area contributed by atoms with Gasteiger partial charge in [-0.15, -0.1) is 0 Å². The molecule has 0 atom stereocenters. The van der Waals surface area contributed by atoms with Crippen LogP contribution in [0.5, 0.6) is 0 Å². The van der Waals surface area contributed by atoms with E-state index < -0.39 is 11.8 Å². The molecule has 0 N–H and O–H groups in total. The van der Waals surface area contributed by atoms with Gasteiger partial charge in [0.25, 0.3) is 0 Å². The summed E-state index contributed by atoms with van der Waals surface area (Å²) in [4.78, 5) is 20.2. The largest absolute Gasteiger partial charge is 0.540 e. The van der Waals surface area contributed by atoms with Crippen molar-refractivity contribution in [3.8, 4) is 0 Å². The minimum Gasteiger partial charge on any atom is -0.430 e. The van der Waals surface area contributed by atoms with Crippen LogP contribution in [0.25, 0.3) is 0 Å². The predicted octanol–water partition coefficient (Wildman–Crippen LogP) is 2.54. The Morgan fingerprint density at radius 3 is 2.31 bits per heavy atom. The number of carbonyl (C=O) groups excluding carboxylic acids is 1. The lowest BCUT2D eigenvalue weighted by Crippen LogP contribution is -2.23. The van der Waals surface area contributed by atoms with Crippen LogP contribution in [0, 0.1) is 5.92 Å². The normalized spacial score (nSPS) is 11.6. The van der Waals surface area contributed by atoms with Crippen LogP contribution in [0.15, 0.2) is 0 Å². The fraction of sp³-hybridized carbons (Fsp3) is 0.909. The van der Waals surface area contributed by atoms with Crippen molar-refractivity contribution in [3.63, 3.8) is 0 Å². The summed E-state index contributed by atoms with van der Waals surface area (Å²) in [6, 6.07) is 0. The van der Waals surface area contributed by atoms with E-state index in [1.165, 1.54) is 0 Å². The van der Waals surface area contributed by atoms with Gasteiger partial charge in [-0.3, -0.25) is 4.89 Å². The van der Waals surface area contributed by atoms with Crippen LogP contribution in [0.3, 0.4) is 0 Å². The minimum absolute atomic E-state index is 0.166. The molecule has 0 unspecified atom stereocenters. The van der Waals surface area contributed by atoms with Crippen molar-refractivity contribution in [2.75, 3.05) is 19.8 Å². The minimum atomic E-state index is -0.844. The summed E-state index contributed by atoms with van der Waals surface area (Å²) in [6.45, 7) is 10.6. The molecule has 0 spiro atoms. The first-order valence-electron chi connectivity index (χ1n) is 5.41. The van der Waals surface area contributed by atoms with Crippen LogP contribution in [-0.4, -0.2) is 31.6 Å². The highest BCUT2D eigenvalue weighted by Gasteiger charge is 2.15. The van der Waals surface area contributed by atoms with Gasteiger partial charge >= 0.3 is 6.16 Å². The molecule has 0 saturated heterocycles. The van der Waals surface area contributed by atoms with E-state index in [1.54, 1.807) is 20.8 Å². The number of hydrogen-bond donors (Lipinski definition) is 0. The lowest BCUT2D eigenvalue weighted by atomic mass is 10.2. The van der Waals surface area contributed by atoms with Crippen molar-refractivity contribution in [2.45, 2.75) is 40.2 Å². The quantitative estimate of drug-likeness (QED) is 0.306. The second-order valence-corrected chi connectivity index (χ2v) is 4.85. The summed E-state index contributed by atoms with van der Waals surface area (Å²) < 4.78 is 9.93. The summed E-state index contributed by atoms with van der Waals surface area (Å²) in [5, 5.41) is 0. The lowest BCUT2D eigenvalue weighted by molar-refractivity contribution is -0.312. The highest BCUT2D eigenvalue weighted by atomic mass is 17.2. The second-order valence-electron chi connectivity index (χ2n) is 4.85. The van der Waals surface area contributed by atoms with E-state index in [1.807, 2.05) is 13.8 Å². The molecule has 0 saturated carbocycles. The zero-order chi connectivity index (χ0) is 12.6. The van der Waals surface area contributed by atoms with Gasteiger partial charge < -0.3 is 9.47 Å². The van der Waals surface area contributed by atoms with Crippen LogP contribution in [-0.2, 0) is 19.2 Å². The molecular formula is C11H22O5. The third kappa shape index (κ3) is 11.3. The van der Waals surface area contributed by atoms with E-state index in [4.69, 9.17) is 14.4 Å². The first kappa shape index (κ1) is 15.2. The number of rotatable bonds is 6. The monoisotopic (exact) mass is 234 g/mol. The van der Waals surface area contributed by atoms with Gasteiger partial charge in [0.05, 0.1) is 6.61 Å². The summed E-state index contributed by atoms with van der Waals surface area (Å²) in [5.74, 6) is 0.469. The topological polar surface area (TPSA) is 54.0 Å². The van der Waals surface area contributed by atoms with Gasteiger partial charge in [0.2, 0.25) is 0 Å². The molecule has 0 fully saturated rings. The zero-order valence-electron chi connectivity index (χ0n) is 10.7. The molecule has 96 valence electrons. The fourth-order valence-electron chi connectivity index (χ4n) is 0.686. The van der Waals surface area contributed by atoms with Gasteiger partial charge in [-0.2, -0.15) is 4.89 Å². The Labute approximate surface area is 96.9 Å². The third-order valence-electron chi connectivity index (χ3n) is 1.26. The summed E-state index contributed by atoms with van der Waals surface area (Å²) in [7, 11) is 0. The third-order valence-corrected chi connectivity index (χ3v) is 1.26. The van der Waals surface area contributed by atoms with Gasteiger partial charge in [-0.1, -0.05) is 13.8 Å². The molecule has 5 nitrogen and oxygen atoms in total. The number of ether oxygens (including phenoxy) is 2. The van der Waals surface area contributed by atoms with Crippen molar-refractivity contribution < 1.29 is 24.0 Å². The van der Waals surface area contributed by atoms with E-state index in [0.29, 0.717) is 19.1 Å². The van der Waals surface area contributed by atoms with Crippen LogP contribution >= 0.6 is 0 Å². The Balaban J connectivity index is 3.38. The SMILES string of the molecule is CC(C)COCCOC(=O)OOC(C)(C)C. The molecule has 0 amide bonds. The van der Waals surface area contributed by atoms with Crippen molar-refractivity contribution in [1.82, 2.24) is 0 Å². The van der Waals surface area contributed by atoms with E-state index in [2.05, 4.69) is 4.89 Å².